The maximum absolute atomic E-state index is 10.1. The van der Waals surface area contributed by atoms with Gasteiger partial charge in [0.2, 0.25) is 0 Å². The topological polar surface area (TPSA) is 36.0 Å². The number of rotatable bonds is 1. The highest BCUT2D eigenvalue weighted by molar-refractivity contribution is 5.93. The van der Waals surface area contributed by atoms with E-state index in [-0.39, 0.29) is 0 Å². The Morgan fingerprint density at radius 1 is 1.00 bits per heavy atom. The Bertz CT molecular complexity index is 768. The molecule has 0 aliphatic heterocycles. The van der Waals surface area contributed by atoms with Crippen molar-refractivity contribution in [3.63, 3.8) is 0 Å². The summed E-state index contributed by atoms with van der Waals surface area (Å²) in [6.07, 6.45) is 0. The number of aromatic nitrogens is 1. The Morgan fingerprint density at radius 2 is 1.79 bits per heavy atom. The van der Waals surface area contributed by atoms with E-state index in [1.54, 1.807) is 6.07 Å². The van der Waals surface area contributed by atoms with E-state index in [4.69, 9.17) is 0 Å². The molecular formula is C17H17NO. The van der Waals surface area contributed by atoms with Gasteiger partial charge >= 0.3 is 0 Å². The van der Waals surface area contributed by atoms with E-state index in [0.29, 0.717) is 5.75 Å². The molecular weight excluding hydrogens is 234 g/mol. The molecule has 0 saturated carbocycles. The van der Waals surface area contributed by atoms with Crippen molar-refractivity contribution < 1.29 is 5.11 Å². The summed E-state index contributed by atoms with van der Waals surface area (Å²) < 4.78 is 0. The van der Waals surface area contributed by atoms with Crippen molar-refractivity contribution in [3.8, 4) is 17.0 Å². The predicted molar refractivity (Wildman–Crippen MR) is 79.6 cm³/mol. The first-order valence-electron chi connectivity index (χ1n) is 6.46. The van der Waals surface area contributed by atoms with Crippen LogP contribution in [0, 0.1) is 20.8 Å². The van der Waals surface area contributed by atoms with Crippen LogP contribution in [0.2, 0.25) is 0 Å². The highest BCUT2D eigenvalue weighted by atomic mass is 16.3. The maximum atomic E-state index is 10.1. The first-order chi connectivity index (χ1) is 9.08. The third-order valence-electron chi connectivity index (χ3n) is 3.70. The molecule has 0 aliphatic carbocycles. The average Bonchev–Trinajstić information content (AvgIpc) is 2.71. The monoisotopic (exact) mass is 251 g/mol. The lowest BCUT2D eigenvalue weighted by molar-refractivity contribution is 0.477. The van der Waals surface area contributed by atoms with E-state index in [9.17, 15) is 5.11 Å². The lowest BCUT2D eigenvalue weighted by Crippen LogP contribution is -1.84. The van der Waals surface area contributed by atoms with E-state index in [2.05, 4.69) is 31.0 Å². The molecule has 0 atom stereocenters. The van der Waals surface area contributed by atoms with Crippen molar-refractivity contribution in [3.05, 3.63) is 53.1 Å². The van der Waals surface area contributed by atoms with Crippen LogP contribution < -0.4 is 0 Å². The number of benzene rings is 2. The maximum Gasteiger partial charge on any atom is 0.124 e. The highest BCUT2D eigenvalue weighted by Gasteiger charge is 2.13. The standard InChI is InChI=1S/C17H17NO/c1-10-7-8-15(19)13(9-10)17-12(3)16-11(2)5-4-6-14(16)18-17/h4-9,18-19H,1-3H3. The summed E-state index contributed by atoms with van der Waals surface area (Å²) in [6.45, 7) is 6.25. The first kappa shape index (κ1) is 11.8. The largest absolute Gasteiger partial charge is 0.507 e. The molecule has 1 heterocycles. The quantitative estimate of drug-likeness (QED) is 0.658. The highest BCUT2D eigenvalue weighted by Crippen LogP contribution is 2.36. The minimum atomic E-state index is 0.318. The van der Waals surface area contributed by atoms with Gasteiger partial charge in [-0.3, -0.25) is 0 Å². The Morgan fingerprint density at radius 3 is 2.53 bits per heavy atom. The van der Waals surface area contributed by atoms with Gasteiger partial charge in [0, 0.05) is 16.5 Å². The number of aromatic amines is 1. The molecule has 3 rings (SSSR count). The number of hydrogen-bond acceptors (Lipinski definition) is 1. The average molecular weight is 251 g/mol. The van der Waals surface area contributed by atoms with Crippen LogP contribution in [0.4, 0.5) is 0 Å². The van der Waals surface area contributed by atoms with Crippen LogP contribution in [0.1, 0.15) is 16.7 Å². The van der Waals surface area contributed by atoms with Gasteiger partial charge in [-0.1, -0.05) is 23.8 Å². The smallest absolute Gasteiger partial charge is 0.124 e. The zero-order chi connectivity index (χ0) is 13.6. The molecule has 3 aromatic rings. The molecule has 96 valence electrons. The van der Waals surface area contributed by atoms with Gasteiger partial charge in [0.05, 0.1) is 5.69 Å². The molecule has 2 aromatic carbocycles. The molecule has 0 saturated heterocycles. The van der Waals surface area contributed by atoms with Crippen molar-refractivity contribution in [2.24, 2.45) is 0 Å². The summed E-state index contributed by atoms with van der Waals surface area (Å²) in [4.78, 5) is 3.43. The van der Waals surface area contributed by atoms with Crippen LogP contribution in [-0.2, 0) is 0 Å². The van der Waals surface area contributed by atoms with Crippen LogP contribution in [-0.4, -0.2) is 10.1 Å². The lowest BCUT2D eigenvalue weighted by Gasteiger charge is -2.05. The van der Waals surface area contributed by atoms with Gasteiger partial charge in [-0.25, -0.2) is 0 Å². The van der Waals surface area contributed by atoms with E-state index < -0.39 is 0 Å². The van der Waals surface area contributed by atoms with E-state index in [1.165, 1.54) is 16.5 Å². The Hall–Kier alpha value is -2.22. The van der Waals surface area contributed by atoms with Crippen LogP contribution in [0.3, 0.4) is 0 Å². The van der Waals surface area contributed by atoms with Crippen LogP contribution in [0.15, 0.2) is 36.4 Å². The van der Waals surface area contributed by atoms with E-state index >= 15 is 0 Å². The van der Waals surface area contributed by atoms with Crippen molar-refractivity contribution in [1.29, 1.82) is 0 Å². The molecule has 0 amide bonds. The van der Waals surface area contributed by atoms with Gasteiger partial charge in [-0.05, 0) is 50.1 Å². The van der Waals surface area contributed by atoms with Gasteiger partial charge < -0.3 is 10.1 Å². The summed E-state index contributed by atoms with van der Waals surface area (Å²) in [7, 11) is 0. The van der Waals surface area contributed by atoms with Crippen LogP contribution >= 0.6 is 0 Å². The Labute approximate surface area is 112 Å². The van der Waals surface area contributed by atoms with Gasteiger partial charge in [-0.2, -0.15) is 0 Å². The molecule has 2 nitrogen and oxygen atoms in total. The van der Waals surface area contributed by atoms with E-state index in [0.717, 1.165) is 22.3 Å². The van der Waals surface area contributed by atoms with Crippen molar-refractivity contribution in [2.75, 3.05) is 0 Å². The van der Waals surface area contributed by atoms with Gasteiger partial charge in [-0.15, -0.1) is 0 Å². The molecule has 2 heteroatoms. The Balaban J connectivity index is 2.34. The number of fused-ring (bicyclic) bond motifs is 1. The third-order valence-corrected chi connectivity index (χ3v) is 3.70. The van der Waals surface area contributed by atoms with Crippen LogP contribution in [0.25, 0.3) is 22.2 Å². The molecule has 1 aromatic heterocycles. The number of hydrogen-bond donors (Lipinski definition) is 2. The van der Waals surface area contributed by atoms with Gasteiger partial charge in [0.1, 0.15) is 5.75 Å². The zero-order valence-corrected chi connectivity index (χ0v) is 11.4. The van der Waals surface area contributed by atoms with Crippen LogP contribution in [0.5, 0.6) is 5.75 Å². The number of H-pyrrole nitrogens is 1. The molecule has 0 unspecified atom stereocenters. The number of phenolic OH excluding ortho intramolecular Hbond substituents is 1. The zero-order valence-electron chi connectivity index (χ0n) is 11.4. The second-order valence-electron chi connectivity index (χ2n) is 5.14. The molecule has 2 N–H and O–H groups in total. The summed E-state index contributed by atoms with van der Waals surface area (Å²) >= 11 is 0. The van der Waals surface area contributed by atoms with Crippen molar-refractivity contribution in [2.45, 2.75) is 20.8 Å². The Kier molecular flexibility index (Phi) is 2.59. The molecule has 19 heavy (non-hydrogen) atoms. The van der Waals surface area contributed by atoms with Crippen molar-refractivity contribution >= 4 is 10.9 Å². The second-order valence-corrected chi connectivity index (χ2v) is 5.14. The normalized spacial score (nSPS) is 11.1. The fourth-order valence-corrected chi connectivity index (χ4v) is 2.74. The van der Waals surface area contributed by atoms with Gasteiger partial charge in [0.25, 0.3) is 0 Å². The molecule has 0 fully saturated rings. The minimum Gasteiger partial charge on any atom is -0.507 e. The summed E-state index contributed by atoms with van der Waals surface area (Å²) in [5, 5.41) is 11.3. The third kappa shape index (κ3) is 1.80. The fourth-order valence-electron chi connectivity index (χ4n) is 2.74. The number of nitrogens with one attached hydrogen (secondary N) is 1. The summed E-state index contributed by atoms with van der Waals surface area (Å²) in [5.74, 6) is 0.318. The second kappa shape index (κ2) is 4.16. The molecule has 0 radical (unpaired) electrons. The fraction of sp³-hybridized carbons (Fsp3) is 0.176. The number of aromatic hydroxyl groups is 1. The van der Waals surface area contributed by atoms with E-state index in [1.807, 2.05) is 25.1 Å². The molecule has 0 aliphatic rings. The predicted octanol–water partition coefficient (Wildman–Crippen LogP) is 4.47. The number of phenols is 1. The van der Waals surface area contributed by atoms with Crippen molar-refractivity contribution in [1.82, 2.24) is 4.98 Å². The lowest BCUT2D eigenvalue weighted by atomic mass is 10.0. The molecule has 0 spiro atoms. The minimum absolute atomic E-state index is 0.318. The van der Waals surface area contributed by atoms with Gasteiger partial charge in [0.15, 0.2) is 0 Å². The SMILES string of the molecule is Cc1ccc(O)c(-c2[nH]c3cccc(C)c3c2C)c1. The summed E-state index contributed by atoms with van der Waals surface area (Å²) in [5.41, 5.74) is 6.58. The number of aryl methyl sites for hydroxylation is 3. The molecule has 0 bridgehead atoms. The first-order valence-corrected chi connectivity index (χ1v) is 6.46. The summed E-state index contributed by atoms with van der Waals surface area (Å²) in [6, 6.07) is 11.9.